The molecular weight excluding hydrogens is 201 g/mol. The van der Waals surface area contributed by atoms with Crippen LogP contribution >= 0.6 is 23.2 Å². The molecule has 0 aliphatic heterocycles. The highest BCUT2D eigenvalue weighted by Gasteiger charge is 2.17. The number of aliphatic hydroxyl groups is 1. The molecule has 6 heteroatoms. The number of nitrogens with two attached hydrogens (primary N) is 1. The van der Waals surface area contributed by atoms with E-state index in [0.29, 0.717) is 5.82 Å². The number of hydrogen-bond donors (Lipinski definition) is 3. The molecule has 1 aromatic heterocycles. The number of aliphatic hydroxyl groups excluding tert-OH is 1. The second-order valence-corrected chi connectivity index (χ2v) is 3.27. The number of imidazole rings is 1. The predicted molar refractivity (Wildman–Crippen MR) is 47.2 cm³/mol. The minimum Gasteiger partial charge on any atom is -0.384 e. The first-order valence-electron chi connectivity index (χ1n) is 3.37. The van der Waals surface area contributed by atoms with Crippen LogP contribution in [0.1, 0.15) is 18.9 Å². The molecule has 68 valence electrons. The van der Waals surface area contributed by atoms with Gasteiger partial charge in [0.1, 0.15) is 17.1 Å². The maximum absolute atomic E-state index is 9.40. The normalized spacial score (nSPS) is 16.1. The molecular formula is C6H9Cl2N3O. The van der Waals surface area contributed by atoms with Crippen LogP contribution in [0.25, 0.3) is 0 Å². The van der Waals surface area contributed by atoms with Gasteiger partial charge in [0.2, 0.25) is 0 Å². The molecule has 0 aromatic carbocycles. The summed E-state index contributed by atoms with van der Waals surface area (Å²) in [4.78, 5) is 6.40. The smallest absolute Gasteiger partial charge is 0.166 e. The summed E-state index contributed by atoms with van der Waals surface area (Å²) in [5.74, 6) is 0.292. The van der Waals surface area contributed by atoms with E-state index in [-0.39, 0.29) is 10.3 Å². The van der Waals surface area contributed by atoms with E-state index in [4.69, 9.17) is 28.9 Å². The zero-order chi connectivity index (χ0) is 9.30. The largest absolute Gasteiger partial charge is 0.384 e. The molecule has 1 heterocycles. The number of rotatable bonds is 2. The average Bonchev–Trinajstić information content (AvgIpc) is 2.30. The van der Waals surface area contributed by atoms with Crippen LogP contribution in [0.15, 0.2) is 0 Å². The van der Waals surface area contributed by atoms with Crippen LogP contribution in [0.2, 0.25) is 10.3 Å². The topological polar surface area (TPSA) is 74.9 Å². The first-order valence-corrected chi connectivity index (χ1v) is 4.12. The van der Waals surface area contributed by atoms with Crippen molar-refractivity contribution in [2.75, 3.05) is 0 Å². The van der Waals surface area contributed by atoms with Crippen molar-refractivity contribution in [1.29, 1.82) is 0 Å². The van der Waals surface area contributed by atoms with Crippen LogP contribution in [0.3, 0.4) is 0 Å². The Kier molecular flexibility index (Phi) is 2.95. The third-order valence-electron chi connectivity index (χ3n) is 1.42. The van der Waals surface area contributed by atoms with E-state index >= 15 is 0 Å². The molecule has 0 aliphatic carbocycles. The molecule has 1 rings (SSSR count). The van der Waals surface area contributed by atoms with Crippen molar-refractivity contribution >= 4 is 23.2 Å². The Morgan fingerprint density at radius 3 is 2.50 bits per heavy atom. The summed E-state index contributed by atoms with van der Waals surface area (Å²) in [6, 6.07) is -0.414. The molecule has 0 saturated carbocycles. The molecule has 2 atom stereocenters. The SMILES string of the molecule is C[C@@H](N)[C@H](O)c1nc(Cl)c(Cl)[nH]1. The van der Waals surface area contributed by atoms with Gasteiger partial charge in [-0.15, -0.1) is 0 Å². The van der Waals surface area contributed by atoms with Gasteiger partial charge in [-0.3, -0.25) is 0 Å². The lowest BCUT2D eigenvalue weighted by molar-refractivity contribution is 0.145. The molecule has 0 amide bonds. The molecule has 0 unspecified atom stereocenters. The van der Waals surface area contributed by atoms with E-state index in [1.807, 2.05) is 0 Å². The van der Waals surface area contributed by atoms with Crippen molar-refractivity contribution in [2.24, 2.45) is 5.73 Å². The van der Waals surface area contributed by atoms with Crippen LogP contribution in [0, 0.1) is 0 Å². The summed E-state index contributed by atoms with van der Waals surface area (Å²) in [6.07, 6.45) is -0.866. The maximum Gasteiger partial charge on any atom is 0.166 e. The molecule has 0 bridgehead atoms. The number of nitrogens with zero attached hydrogens (tertiary/aromatic N) is 1. The summed E-state index contributed by atoms with van der Waals surface area (Å²) >= 11 is 11.1. The fourth-order valence-electron chi connectivity index (χ4n) is 0.736. The van der Waals surface area contributed by atoms with Crippen molar-refractivity contribution in [2.45, 2.75) is 19.1 Å². The van der Waals surface area contributed by atoms with Crippen molar-refractivity contribution in [3.63, 3.8) is 0 Å². The van der Waals surface area contributed by atoms with E-state index < -0.39 is 12.1 Å². The standard InChI is InChI=1S/C6H9Cl2N3O/c1-2(9)3(12)6-10-4(7)5(8)11-6/h2-3,12H,9H2,1H3,(H,10,11)/t2-,3+/m1/s1. The van der Waals surface area contributed by atoms with Gasteiger partial charge in [0.05, 0.1) is 0 Å². The summed E-state index contributed by atoms with van der Waals surface area (Å²) in [5.41, 5.74) is 5.43. The first-order chi connectivity index (χ1) is 5.52. The second kappa shape index (κ2) is 3.62. The van der Waals surface area contributed by atoms with Crippen molar-refractivity contribution in [1.82, 2.24) is 9.97 Å². The molecule has 12 heavy (non-hydrogen) atoms. The molecule has 1 aromatic rings. The number of halogens is 2. The lowest BCUT2D eigenvalue weighted by Gasteiger charge is -2.10. The van der Waals surface area contributed by atoms with Crippen LogP contribution in [-0.4, -0.2) is 21.1 Å². The molecule has 0 radical (unpaired) electrons. The van der Waals surface area contributed by atoms with Crippen LogP contribution in [-0.2, 0) is 0 Å². The molecule has 0 aliphatic rings. The summed E-state index contributed by atoms with van der Waals surface area (Å²) in [7, 11) is 0. The number of nitrogens with one attached hydrogen (secondary N) is 1. The maximum atomic E-state index is 9.40. The number of aromatic amines is 1. The van der Waals surface area contributed by atoms with E-state index in [1.165, 1.54) is 0 Å². The van der Waals surface area contributed by atoms with E-state index in [2.05, 4.69) is 9.97 Å². The number of H-pyrrole nitrogens is 1. The minimum absolute atomic E-state index is 0.145. The molecule has 0 fully saturated rings. The van der Waals surface area contributed by atoms with E-state index in [0.717, 1.165) is 0 Å². The van der Waals surface area contributed by atoms with Crippen LogP contribution in [0.5, 0.6) is 0 Å². The number of hydrogen-bond acceptors (Lipinski definition) is 3. The van der Waals surface area contributed by atoms with E-state index in [1.54, 1.807) is 6.92 Å². The molecule has 4 nitrogen and oxygen atoms in total. The van der Waals surface area contributed by atoms with E-state index in [9.17, 15) is 5.11 Å². The quantitative estimate of drug-likeness (QED) is 0.684. The van der Waals surface area contributed by atoms with Crippen molar-refractivity contribution in [3.8, 4) is 0 Å². The second-order valence-electron chi connectivity index (χ2n) is 2.53. The Bertz CT molecular complexity index is 254. The lowest BCUT2D eigenvalue weighted by atomic mass is 10.2. The van der Waals surface area contributed by atoms with Crippen molar-refractivity contribution in [3.05, 3.63) is 16.1 Å². The van der Waals surface area contributed by atoms with Gasteiger partial charge < -0.3 is 15.8 Å². The minimum atomic E-state index is -0.866. The third kappa shape index (κ3) is 1.90. The summed E-state index contributed by atoms with van der Waals surface area (Å²) in [5, 5.41) is 9.76. The monoisotopic (exact) mass is 209 g/mol. The fourth-order valence-corrected chi connectivity index (χ4v) is 1.01. The van der Waals surface area contributed by atoms with Gasteiger partial charge in [-0.05, 0) is 6.92 Å². The van der Waals surface area contributed by atoms with Gasteiger partial charge in [0, 0.05) is 6.04 Å². The predicted octanol–water partition coefficient (Wildman–Crippen LogP) is 1.10. The Morgan fingerprint density at radius 1 is 1.58 bits per heavy atom. The molecule has 0 spiro atoms. The highest BCUT2D eigenvalue weighted by molar-refractivity contribution is 6.40. The zero-order valence-electron chi connectivity index (χ0n) is 6.38. The Labute approximate surface area is 79.7 Å². The number of aromatic nitrogens is 2. The fraction of sp³-hybridized carbons (Fsp3) is 0.500. The van der Waals surface area contributed by atoms with Gasteiger partial charge >= 0.3 is 0 Å². The summed E-state index contributed by atoms with van der Waals surface area (Å²) in [6.45, 7) is 1.66. The first kappa shape index (κ1) is 9.80. The van der Waals surface area contributed by atoms with Gasteiger partial charge in [-0.25, -0.2) is 4.98 Å². The Morgan fingerprint density at radius 2 is 2.17 bits per heavy atom. The zero-order valence-corrected chi connectivity index (χ0v) is 7.89. The van der Waals surface area contributed by atoms with Crippen molar-refractivity contribution < 1.29 is 5.11 Å². The third-order valence-corrected chi connectivity index (χ3v) is 2.06. The van der Waals surface area contributed by atoms with Gasteiger partial charge in [-0.1, -0.05) is 23.2 Å². The lowest BCUT2D eigenvalue weighted by Crippen LogP contribution is -2.25. The summed E-state index contributed by atoms with van der Waals surface area (Å²) < 4.78 is 0. The van der Waals surface area contributed by atoms with Gasteiger partial charge in [-0.2, -0.15) is 0 Å². The van der Waals surface area contributed by atoms with Crippen LogP contribution in [0.4, 0.5) is 0 Å². The average molecular weight is 210 g/mol. The highest BCUT2D eigenvalue weighted by Crippen LogP contribution is 2.22. The molecule has 4 N–H and O–H groups in total. The Hall–Kier alpha value is -0.290. The van der Waals surface area contributed by atoms with Gasteiger partial charge in [0.15, 0.2) is 5.15 Å². The van der Waals surface area contributed by atoms with Crippen LogP contribution < -0.4 is 5.73 Å². The Balaban J connectivity index is 2.89. The van der Waals surface area contributed by atoms with Gasteiger partial charge in [0.25, 0.3) is 0 Å². The highest BCUT2D eigenvalue weighted by atomic mass is 35.5. The molecule has 0 saturated heterocycles.